The van der Waals surface area contributed by atoms with Gasteiger partial charge in [0.05, 0.1) is 5.92 Å². The van der Waals surface area contributed by atoms with Gasteiger partial charge in [0.1, 0.15) is 0 Å². The van der Waals surface area contributed by atoms with Gasteiger partial charge in [0, 0.05) is 25.2 Å². The molecule has 102 valence electrons. The van der Waals surface area contributed by atoms with Gasteiger partial charge in [-0.25, -0.2) is 0 Å². The van der Waals surface area contributed by atoms with Crippen molar-refractivity contribution in [1.82, 2.24) is 10.2 Å². The molecule has 1 amide bonds. The van der Waals surface area contributed by atoms with E-state index in [1.807, 2.05) is 12.1 Å². The molecule has 1 N–H and O–H groups in total. The third-order valence-corrected chi connectivity index (χ3v) is 4.56. The molecule has 0 spiro atoms. The van der Waals surface area contributed by atoms with E-state index in [4.69, 9.17) is 0 Å². The summed E-state index contributed by atoms with van der Waals surface area (Å²) < 4.78 is 0. The zero-order valence-electron chi connectivity index (χ0n) is 11.8. The highest BCUT2D eigenvalue weighted by molar-refractivity contribution is 5.85. The number of carbonyl (C=O) groups is 1. The van der Waals surface area contributed by atoms with Crippen LogP contribution in [0.5, 0.6) is 0 Å². The summed E-state index contributed by atoms with van der Waals surface area (Å²) in [6.45, 7) is 6.91. The summed E-state index contributed by atoms with van der Waals surface area (Å²) in [5.74, 6) is 0.282. The molecule has 1 aromatic rings. The molecule has 0 bridgehead atoms. The number of nitrogens with zero attached hydrogens (tertiary/aromatic N) is 1. The number of likely N-dealkylation sites (tertiary alicyclic amines) is 1. The van der Waals surface area contributed by atoms with Crippen molar-refractivity contribution in [2.45, 2.75) is 44.7 Å². The minimum atomic E-state index is -0.0117. The second kappa shape index (κ2) is 4.64. The van der Waals surface area contributed by atoms with Gasteiger partial charge in [-0.2, -0.15) is 0 Å². The number of nitrogens with one attached hydrogen (secondary N) is 1. The summed E-state index contributed by atoms with van der Waals surface area (Å²) in [4.78, 5) is 14.9. The Balaban J connectivity index is 1.89. The molecule has 1 unspecified atom stereocenters. The standard InChI is InChI=1S/C16H22N2O/c1-16(2)8-5-9-18(16)15(19)14-11-17-10-12-6-3-4-7-13(12)14/h3-4,6-7,14,17H,5,8-11H2,1-2H3. The zero-order chi connectivity index (χ0) is 13.5. The second-order valence-corrected chi connectivity index (χ2v) is 6.29. The SMILES string of the molecule is CC1(C)CCCN1C(=O)C1CNCc2ccccc21. The first-order valence-corrected chi connectivity index (χ1v) is 7.19. The lowest BCUT2D eigenvalue weighted by Crippen LogP contribution is -2.47. The summed E-state index contributed by atoms with van der Waals surface area (Å²) in [7, 11) is 0. The van der Waals surface area contributed by atoms with E-state index in [1.54, 1.807) is 0 Å². The highest BCUT2D eigenvalue weighted by Gasteiger charge is 2.39. The Morgan fingerprint density at radius 2 is 2.16 bits per heavy atom. The topological polar surface area (TPSA) is 32.3 Å². The van der Waals surface area contributed by atoms with E-state index >= 15 is 0 Å². The molecule has 3 nitrogen and oxygen atoms in total. The van der Waals surface area contributed by atoms with E-state index < -0.39 is 0 Å². The average Bonchev–Trinajstić information content (AvgIpc) is 2.77. The molecule has 0 saturated carbocycles. The third-order valence-electron chi connectivity index (χ3n) is 4.56. The van der Waals surface area contributed by atoms with Gasteiger partial charge in [0.15, 0.2) is 0 Å². The fourth-order valence-electron chi connectivity index (χ4n) is 3.42. The molecular weight excluding hydrogens is 236 g/mol. The molecule has 2 heterocycles. The van der Waals surface area contributed by atoms with Crippen molar-refractivity contribution in [2.24, 2.45) is 0 Å². The van der Waals surface area contributed by atoms with Gasteiger partial charge in [-0.3, -0.25) is 4.79 Å². The maximum Gasteiger partial charge on any atom is 0.231 e. The molecule has 0 aliphatic carbocycles. The molecule has 3 rings (SSSR count). The van der Waals surface area contributed by atoms with E-state index in [9.17, 15) is 4.79 Å². The van der Waals surface area contributed by atoms with Gasteiger partial charge >= 0.3 is 0 Å². The van der Waals surface area contributed by atoms with Crippen molar-refractivity contribution in [1.29, 1.82) is 0 Å². The Labute approximate surface area is 115 Å². The predicted molar refractivity (Wildman–Crippen MR) is 75.9 cm³/mol. The third kappa shape index (κ3) is 2.16. The van der Waals surface area contributed by atoms with Crippen LogP contribution >= 0.6 is 0 Å². The molecule has 19 heavy (non-hydrogen) atoms. The lowest BCUT2D eigenvalue weighted by atomic mass is 9.89. The van der Waals surface area contributed by atoms with Crippen molar-refractivity contribution in [3.05, 3.63) is 35.4 Å². The van der Waals surface area contributed by atoms with Crippen LogP contribution in [0.1, 0.15) is 43.7 Å². The number of benzene rings is 1. The van der Waals surface area contributed by atoms with E-state index in [0.717, 1.165) is 32.5 Å². The molecule has 1 aromatic carbocycles. The first-order valence-electron chi connectivity index (χ1n) is 7.19. The van der Waals surface area contributed by atoms with Gasteiger partial charge in [0.25, 0.3) is 0 Å². The van der Waals surface area contributed by atoms with Gasteiger partial charge in [0.2, 0.25) is 5.91 Å². The maximum absolute atomic E-state index is 12.9. The summed E-state index contributed by atoms with van der Waals surface area (Å²) in [5, 5.41) is 3.38. The lowest BCUT2D eigenvalue weighted by Gasteiger charge is -2.36. The van der Waals surface area contributed by atoms with Crippen molar-refractivity contribution in [3.63, 3.8) is 0 Å². The van der Waals surface area contributed by atoms with Crippen LogP contribution < -0.4 is 5.32 Å². The fourth-order valence-corrected chi connectivity index (χ4v) is 3.42. The first-order chi connectivity index (χ1) is 9.09. The van der Waals surface area contributed by atoms with Crippen LogP contribution in [0.4, 0.5) is 0 Å². The molecule has 1 atom stereocenters. The van der Waals surface area contributed by atoms with Crippen LogP contribution in [0.3, 0.4) is 0 Å². The fraction of sp³-hybridized carbons (Fsp3) is 0.562. The number of hydrogen-bond acceptors (Lipinski definition) is 2. The first kappa shape index (κ1) is 12.7. The second-order valence-electron chi connectivity index (χ2n) is 6.29. The molecule has 0 aromatic heterocycles. The number of carbonyl (C=O) groups excluding carboxylic acids is 1. The normalized spacial score (nSPS) is 25.2. The largest absolute Gasteiger partial charge is 0.337 e. The Morgan fingerprint density at radius 3 is 2.89 bits per heavy atom. The number of fused-ring (bicyclic) bond motifs is 1. The van der Waals surface area contributed by atoms with Crippen LogP contribution in [0, 0.1) is 0 Å². The van der Waals surface area contributed by atoms with Gasteiger partial charge in [-0.15, -0.1) is 0 Å². The Kier molecular flexibility index (Phi) is 3.09. The Bertz CT molecular complexity index is 495. The highest BCUT2D eigenvalue weighted by Crippen LogP contribution is 2.33. The van der Waals surface area contributed by atoms with E-state index in [0.29, 0.717) is 5.91 Å². The van der Waals surface area contributed by atoms with Crippen LogP contribution in [0.2, 0.25) is 0 Å². The van der Waals surface area contributed by atoms with Crippen LogP contribution in [0.15, 0.2) is 24.3 Å². The minimum absolute atomic E-state index is 0.0117. The van der Waals surface area contributed by atoms with Crippen molar-refractivity contribution in [3.8, 4) is 0 Å². The summed E-state index contributed by atoms with van der Waals surface area (Å²) in [6, 6.07) is 8.32. The molecular formula is C16H22N2O. The van der Waals surface area contributed by atoms with E-state index in [1.165, 1.54) is 11.1 Å². The lowest BCUT2D eigenvalue weighted by molar-refractivity contribution is -0.136. The Hall–Kier alpha value is -1.35. The number of amides is 1. The molecule has 3 heteroatoms. The maximum atomic E-state index is 12.9. The molecule has 2 aliphatic rings. The van der Waals surface area contributed by atoms with E-state index in [-0.39, 0.29) is 11.5 Å². The smallest absolute Gasteiger partial charge is 0.231 e. The molecule has 0 radical (unpaired) electrons. The number of hydrogen-bond donors (Lipinski definition) is 1. The van der Waals surface area contributed by atoms with Gasteiger partial charge in [-0.1, -0.05) is 24.3 Å². The monoisotopic (exact) mass is 258 g/mol. The highest BCUT2D eigenvalue weighted by atomic mass is 16.2. The predicted octanol–water partition coefficient (Wildman–Crippen LogP) is 2.27. The molecule has 1 saturated heterocycles. The summed E-state index contributed by atoms with van der Waals surface area (Å²) in [6.07, 6.45) is 2.24. The van der Waals surface area contributed by atoms with Crippen molar-refractivity contribution < 1.29 is 4.79 Å². The van der Waals surface area contributed by atoms with Crippen LogP contribution in [-0.4, -0.2) is 29.4 Å². The van der Waals surface area contributed by atoms with Crippen molar-refractivity contribution >= 4 is 5.91 Å². The van der Waals surface area contributed by atoms with Crippen molar-refractivity contribution in [2.75, 3.05) is 13.1 Å². The summed E-state index contributed by atoms with van der Waals surface area (Å²) >= 11 is 0. The number of rotatable bonds is 1. The molecule has 2 aliphatic heterocycles. The quantitative estimate of drug-likeness (QED) is 0.838. The molecule has 1 fully saturated rings. The average molecular weight is 258 g/mol. The van der Waals surface area contributed by atoms with Crippen LogP contribution in [0.25, 0.3) is 0 Å². The van der Waals surface area contributed by atoms with Gasteiger partial charge in [-0.05, 0) is 37.8 Å². The zero-order valence-corrected chi connectivity index (χ0v) is 11.8. The Morgan fingerprint density at radius 1 is 1.37 bits per heavy atom. The minimum Gasteiger partial charge on any atom is -0.337 e. The van der Waals surface area contributed by atoms with Crippen LogP contribution in [-0.2, 0) is 11.3 Å². The van der Waals surface area contributed by atoms with Gasteiger partial charge < -0.3 is 10.2 Å². The summed E-state index contributed by atoms with van der Waals surface area (Å²) in [5.41, 5.74) is 2.50. The van der Waals surface area contributed by atoms with E-state index in [2.05, 4.69) is 36.2 Å².